The first-order valence-electron chi connectivity index (χ1n) is 8.90. The molecule has 1 fully saturated rings. The van der Waals surface area contributed by atoms with Gasteiger partial charge in [0.25, 0.3) is 12.0 Å². The van der Waals surface area contributed by atoms with Crippen molar-refractivity contribution in [3.05, 3.63) is 26.0 Å². The van der Waals surface area contributed by atoms with Crippen molar-refractivity contribution in [1.82, 2.24) is 19.9 Å². The maximum absolute atomic E-state index is 13.9. The van der Waals surface area contributed by atoms with Gasteiger partial charge in [-0.1, -0.05) is 23.2 Å². The van der Waals surface area contributed by atoms with Crippen LogP contribution in [0.15, 0.2) is 10.3 Å². The third-order valence-electron chi connectivity index (χ3n) is 4.22. The smallest absolute Gasteiger partial charge is 0.410 e. The summed E-state index contributed by atoms with van der Waals surface area (Å²) in [5.74, 6) is -0.0245. The summed E-state index contributed by atoms with van der Waals surface area (Å²) in [5.41, 5.74) is 0.0199. The number of piperazine rings is 1. The summed E-state index contributed by atoms with van der Waals surface area (Å²) in [4.78, 5) is 38.1. The fraction of sp³-hybridized carbons (Fsp3) is 0.529. The molecular formula is C17H19Cl2F2N5O3S. The van der Waals surface area contributed by atoms with E-state index in [0.717, 1.165) is 11.3 Å². The van der Waals surface area contributed by atoms with E-state index in [1.807, 2.05) is 0 Å². The van der Waals surface area contributed by atoms with Crippen molar-refractivity contribution in [2.45, 2.75) is 38.8 Å². The predicted molar refractivity (Wildman–Crippen MR) is 111 cm³/mol. The Balaban J connectivity index is 1.93. The molecule has 30 heavy (non-hydrogen) atoms. The number of aromatic amines is 1. The van der Waals surface area contributed by atoms with Gasteiger partial charge in [-0.25, -0.2) is 23.5 Å². The first-order valence-corrected chi connectivity index (χ1v) is 10.5. The van der Waals surface area contributed by atoms with E-state index in [9.17, 15) is 18.4 Å². The Hall–Kier alpha value is -1.98. The molecule has 1 aliphatic heterocycles. The topological polar surface area (TPSA) is 91.4 Å². The van der Waals surface area contributed by atoms with Crippen LogP contribution in [0.1, 0.15) is 20.8 Å². The number of amides is 1. The van der Waals surface area contributed by atoms with Crippen molar-refractivity contribution in [2.24, 2.45) is 0 Å². The molecule has 2 aromatic rings. The van der Waals surface area contributed by atoms with Gasteiger partial charge in [-0.2, -0.15) is 0 Å². The Morgan fingerprint density at radius 2 is 2.07 bits per heavy atom. The van der Waals surface area contributed by atoms with Crippen LogP contribution in [0.25, 0.3) is 10.7 Å². The summed E-state index contributed by atoms with van der Waals surface area (Å²) in [6.07, 6.45) is -3.52. The maximum atomic E-state index is 13.9. The van der Waals surface area contributed by atoms with E-state index >= 15 is 0 Å². The maximum Gasteiger partial charge on any atom is 0.410 e. The average molecular weight is 482 g/mol. The fourth-order valence-electron chi connectivity index (χ4n) is 2.91. The van der Waals surface area contributed by atoms with Crippen LogP contribution in [0.5, 0.6) is 0 Å². The van der Waals surface area contributed by atoms with Gasteiger partial charge in [-0.05, 0) is 20.8 Å². The van der Waals surface area contributed by atoms with E-state index < -0.39 is 29.7 Å². The van der Waals surface area contributed by atoms with Gasteiger partial charge in [0.05, 0.1) is 12.1 Å². The minimum atomic E-state index is -2.83. The summed E-state index contributed by atoms with van der Waals surface area (Å²) in [5, 5.41) is -0.202. The number of nitrogens with one attached hydrogen (secondary N) is 1. The third kappa shape index (κ3) is 4.84. The average Bonchev–Trinajstić information content (AvgIpc) is 3.08. The quantitative estimate of drug-likeness (QED) is 0.714. The molecule has 13 heteroatoms. The van der Waals surface area contributed by atoms with E-state index in [2.05, 4.69) is 15.0 Å². The lowest BCUT2D eigenvalue weighted by atomic mass is 10.1. The monoisotopic (exact) mass is 481 g/mol. The zero-order valence-electron chi connectivity index (χ0n) is 16.3. The van der Waals surface area contributed by atoms with Gasteiger partial charge in [0.15, 0.2) is 16.8 Å². The second-order valence-corrected chi connectivity index (χ2v) is 9.14. The normalized spacial score (nSPS) is 17.5. The zero-order valence-corrected chi connectivity index (χ0v) is 18.6. The van der Waals surface area contributed by atoms with Crippen molar-refractivity contribution in [3.8, 4) is 10.7 Å². The zero-order chi connectivity index (χ0) is 22.2. The summed E-state index contributed by atoms with van der Waals surface area (Å²) in [6.45, 7) is 4.85. The van der Waals surface area contributed by atoms with E-state index in [1.54, 1.807) is 20.8 Å². The largest absolute Gasteiger partial charge is 0.444 e. The molecule has 0 saturated carbocycles. The van der Waals surface area contributed by atoms with Gasteiger partial charge in [0.2, 0.25) is 0 Å². The molecule has 3 heterocycles. The highest BCUT2D eigenvalue weighted by Gasteiger charge is 2.39. The highest BCUT2D eigenvalue weighted by Crippen LogP contribution is 2.32. The Labute approximate surface area is 184 Å². The van der Waals surface area contributed by atoms with Gasteiger partial charge in [0.1, 0.15) is 21.5 Å². The molecule has 3 rings (SSSR count). The van der Waals surface area contributed by atoms with Crippen LogP contribution in [-0.4, -0.2) is 63.6 Å². The minimum Gasteiger partial charge on any atom is -0.444 e. The number of ether oxygens (including phenoxy) is 1. The number of carbonyl (C=O) groups is 1. The molecule has 1 N–H and O–H groups in total. The van der Waals surface area contributed by atoms with Crippen LogP contribution >= 0.6 is 34.5 Å². The van der Waals surface area contributed by atoms with Crippen molar-refractivity contribution >= 4 is 46.4 Å². The molecule has 0 radical (unpaired) electrons. The molecular weight excluding hydrogens is 463 g/mol. The standard InChI is InChI=1S/C17H19Cl2F2N5O3S/c1-17(2,3)29-16(28)25-4-5-26(8(6-25)12(20)21)14-9(18)15(27)24-13(23-14)10-11(19)22-7-30-10/h7-8,12H,4-6H2,1-3H3,(H,23,24,27)/t8-/m0/s1. The van der Waals surface area contributed by atoms with Crippen molar-refractivity contribution in [1.29, 1.82) is 0 Å². The molecule has 2 aromatic heterocycles. The summed E-state index contributed by atoms with van der Waals surface area (Å²) < 4.78 is 33.1. The molecule has 164 valence electrons. The predicted octanol–water partition coefficient (Wildman–Crippen LogP) is 3.89. The molecule has 1 aliphatic rings. The highest BCUT2D eigenvalue weighted by atomic mass is 35.5. The number of H-pyrrole nitrogens is 1. The second kappa shape index (κ2) is 8.64. The van der Waals surface area contributed by atoms with Gasteiger partial charge in [0, 0.05) is 13.1 Å². The SMILES string of the molecule is CC(C)(C)OC(=O)N1CCN(c2nc(-c3scnc3Cl)[nH]c(=O)c2Cl)[C@H](C(F)F)C1. The number of aromatic nitrogens is 3. The minimum absolute atomic E-state index is 0.0136. The molecule has 0 unspecified atom stereocenters. The van der Waals surface area contributed by atoms with Gasteiger partial charge >= 0.3 is 6.09 Å². The molecule has 0 aromatic carbocycles. The third-order valence-corrected chi connectivity index (χ3v) is 5.79. The number of anilines is 1. The summed E-state index contributed by atoms with van der Waals surface area (Å²) in [7, 11) is 0. The molecule has 1 amide bonds. The van der Waals surface area contributed by atoms with Crippen LogP contribution in [-0.2, 0) is 4.74 Å². The van der Waals surface area contributed by atoms with E-state index in [4.69, 9.17) is 27.9 Å². The lowest BCUT2D eigenvalue weighted by Gasteiger charge is -2.41. The van der Waals surface area contributed by atoms with Crippen LogP contribution in [0.2, 0.25) is 10.2 Å². The van der Waals surface area contributed by atoms with Crippen molar-refractivity contribution in [2.75, 3.05) is 24.5 Å². The van der Waals surface area contributed by atoms with Crippen LogP contribution in [0.4, 0.5) is 19.4 Å². The Kier molecular flexibility index (Phi) is 6.54. The molecule has 0 spiro atoms. The van der Waals surface area contributed by atoms with Crippen LogP contribution in [0.3, 0.4) is 0 Å². The summed E-state index contributed by atoms with van der Waals surface area (Å²) in [6, 6.07) is -1.43. The Bertz CT molecular complexity index is 995. The first kappa shape index (κ1) is 22.7. The van der Waals surface area contributed by atoms with E-state index in [-0.39, 0.29) is 41.5 Å². The molecule has 8 nitrogen and oxygen atoms in total. The van der Waals surface area contributed by atoms with Crippen LogP contribution in [0, 0.1) is 0 Å². The number of hydrogen-bond acceptors (Lipinski definition) is 7. The van der Waals surface area contributed by atoms with Gasteiger partial charge < -0.3 is 19.5 Å². The van der Waals surface area contributed by atoms with Crippen molar-refractivity contribution in [3.63, 3.8) is 0 Å². The van der Waals surface area contributed by atoms with Crippen LogP contribution < -0.4 is 10.5 Å². The molecule has 1 atom stereocenters. The lowest BCUT2D eigenvalue weighted by Crippen LogP contribution is -2.58. The molecule has 1 saturated heterocycles. The fourth-order valence-corrected chi connectivity index (χ4v) is 4.06. The number of alkyl halides is 2. The lowest BCUT2D eigenvalue weighted by molar-refractivity contribution is 0.0120. The highest BCUT2D eigenvalue weighted by molar-refractivity contribution is 7.13. The Morgan fingerprint density at radius 3 is 2.63 bits per heavy atom. The Morgan fingerprint density at radius 1 is 1.37 bits per heavy atom. The van der Waals surface area contributed by atoms with E-state index in [0.29, 0.717) is 4.88 Å². The number of carbonyl (C=O) groups excluding carboxylic acids is 1. The number of hydrogen-bond donors (Lipinski definition) is 1. The molecule has 0 bridgehead atoms. The van der Waals surface area contributed by atoms with Crippen molar-refractivity contribution < 1.29 is 18.3 Å². The van der Waals surface area contributed by atoms with Gasteiger partial charge in [-0.15, -0.1) is 11.3 Å². The van der Waals surface area contributed by atoms with Gasteiger partial charge in [-0.3, -0.25) is 4.79 Å². The number of thiazole rings is 1. The van der Waals surface area contributed by atoms with E-state index in [1.165, 1.54) is 15.3 Å². The number of halogens is 4. The first-order chi connectivity index (χ1) is 14.0. The summed E-state index contributed by atoms with van der Waals surface area (Å²) >= 11 is 13.2. The number of nitrogens with zero attached hydrogens (tertiary/aromatic N) is 4. The number of rotatable bonds is 3. The molecule has 0 aliphatic carbocycles. The second-order valence-electron chi connectivity index (χ2n) is 7.55.